The summed E-state index contributed by atoms with van der Waals surface area (Å²) < 4.78 is 20.2. The van der Waals surface area contributed by atoms with Crippen LogP contribution in [-0.4, -0.2) is 72.5 Å². The summed E-state index contributed by atoms with van der Waals surface area (Å²) in [4.78, 5) is 26.7. The molecule has 2 fully saturated rings. The number of benzene rings is 2. The molecule has 39 heavy (non-hydrogen) atoms. The number of halogens is 1. The van der Waals surface area contributed by atoms with Crippen molar-refractivity contribution in [1.29, 1.82) is 0 Å². The van der Waals surface area contributed by atoms with Crippen molar-refractivity contribution in [2.45, 2.75) is 63.2 Å². The van der Waals surface area contributed by atoms with Crippen LogP contribution < -0.4 is 10.6 Å². The van der Waals surface area contributed by atoms with Gasteiger partial charge in [0.25, 0.3) is 0 Å². The van der Waals surface area contributed by atoms with Gasteiger partial charge in [-0.05, 0) is 61.3 Å². The van der Waals surface area contributed by atoms with E-state index in [2.05, 4.69) is 15.4 Å². The largest absolute Gasteiger partial charge is 0.453 e. The van der Waals surface area contributed by atoms with Crippen molar-refractivity contribution < 1.29 is 28.9 Å². The van der Waals surface area contributed by atoms with Crippen molar-refractivity contribution in [3.8, 4) is 11.1 Å². The fraction of sp³-hybridized carbons (Fsp3) is 0.533. The first-order valence-electron chi connectivity index (χ1n) is 13.9. The molecule has 4 N–H and O–H groups in total. The summed E-state index contributed by atoms with van der Waals surface area (Å²) in [5.74, 6) is -0.851. The first-order chi connectivity index (χ1) is 18.8. The molecule has 0 aromatic heterocycles. The molecule has 2 aliphatic rings. The van der Waals surface area contributed by atoms with Crippen LogP contribution in [-0.2, 0) is 21.6 Å². The summed E-state index contributed by atoms with van der Waals surface area (Å²) in [6, 6.07) is 12.1. The Hall–Kier alpha value is -3.01. The molecule has 0 spiro atoms. The van der Waals surface area contributed by atoms with Crippen LogP contribution >= 0.6 is 0 Å². The lowest BCUT2D eigenvalue weighted by molar-refractivity contribution is -0.138. The minimum Gasteiger partial charge on any atom is -0.453 e. The lowest BCUT2D eigenvalue weighted by atomic mass is 9.72. The van der Waals surface area contributed by atoms with Crippen LogP contribution in [0.1, 0.15) is 50.2 Å². The maximum Gasteiger partial charge on any atom is 0.406 e. The Kier molecular flexibility index (Phi) is 9.58. The van der Waals surface area contributed by atoms with E-state index in [0.717, 1.165) is 12.0 Å². The lowest BCUT2D eigenvalue weighted by Crippen LogP contribution is -2.52. The number of rotatable bonds is 9. The second kappa shape index (κ2) is 12.9. The Balaban J connectivity index is 1.69. The number of carbonyl (C=O) groups is 2. The third-order valence-electron chi connectivity index (χ3n) is 8.11. The number of likely N-dealkylation sites (tertiary alicyclic amines) is 1. The molecule has 0 saturated carbocycles. The van der Waals surface area contributed by atoms with Gasteiger partial charge in [0.2, 0.25) is 5.91 Å². The molecule has 2 amide bonds. The van der Waals surface area contributed by atoms with Gasteiger partial charge in [-0.15, -0.1) is 0 Å². The molecule has 2 heterocycles. The fourth-order valence-electron chi connectivity index (χ4n) is 6.00. The fourth-order valence-corrected chi connectivity index (χ4v) is 6.00. The van der Waals surface area contributed by atoms with E-state index in [0.29, 0.717) is 62.0 Å². The molecule has 212 valence electrons. The second-order valence-electron chi connectivity index (χ2n) is 10.6. The Morgan fingerprint density at radius 1 is 1.26 bits per heavy atom. The quantitative estimate of drug-likeness (QED) is 0.363. The van der Waals surface area contributed by atoms with E-state index in [1.807, 2.05) is 31.2 Å². The number of aryl methyl sites for hydroxylation is 1. The monoisotopic (exact) mass is 541 g/mol. The number of aliphatic hydroxyl groups is 2. The van der Waals surface area contributed by atoms with Gasteiger partial charge >= 0.3 is 6.09 Å². The average molecular weight is 542 g/mol. The smallest absolute Gasteiger partial charge is 0.406 e. The van der Waals surface area contributed by atoms with E-state index in [1.54, 1.807) is 17.0 Å². The highest BCUT2D eigenvalue weighted by atomic mass is 19.1. The van der Waals surface area contributed by atoms with Crippen molar-refractivity contribution in [2.24, 2.45) is 5.92 Å². The van der Waals surface area contributed by atoms with Gasteiger partial charge in [-0.3, -0.25) is 4.79 Å². The molecule has 2 saturated heterocycles. The van der Waals surface area contributed by atoms with Crippen LogP contribution in [0.2, 0.25) is 0 Å². The molecule has 2 aromatic rings. The number of ether oxygens (including phenoxy) is 1. The van der Waals surface area contributed by atoms with Crippen LogP contribution in [0, 0.1) is 11.7 Å². The van der Waals surface area contributed by atoms with Crippen LogP contribution in [0.5, 0.6) is 0 Å². The number of nitrogens with one attached hydrogen (secondary N) is 2. The minimum absolute atomic E-state index is 0.0823. The zero-order chi connectivity index (χ0) is 28.0. The van der Waals surface area contributed by atoms with E-state index in [1.165, 1.54) is 13.2 Å². The Morgan fingerprint density at radius 3 is 2.77 bits per heavy atom. The van der Waals surface area contributed by atoms with Gasteiger partial charge in [0.05, 0.1) is 24.9 Å². The highest BCUT2D eigenvalue weighted by Crippen LogP contribution is 2.44. The molecule has 2 aliphatic heterocycles. The van der Waals surface area contributed by atoms with Crippen LogP contribution in [0.25, 0.3) is 11.1 Å². The first kappa shape index (κ1) is 29.0. The molecule has 0 radical (unpaired) electrons. The Bertz CT molecular complexity index is 1160. The van der Waals surface area contributed by atoms with Gasteiger partial charge in [-0.2, -0.15) is 0 Å². The van der Waals surface area contributed by atoms with Crippen molar-refractivity contribution in [3.05, 3.63) is 59.4 Å². The number of methoxy groups -OCH3 is 1. The molecule has 0 bridgehead atoms. The van der Waals surface area contributed by atoms with Crippen LogP contribution in [0.3, 0.4) is 0 Å². The number of piperidine rings is 1. The van der Waals surface area contributed by atoms with Gasteiger partial charge in [0, 0.05) is 37.7 Å². The lowest BCUT2D eigenvalue weighted by Gasteiger charge is -2.44. The van der Waals surface area contributed by atoms with E-state index in [9.17, 15) is 19.8 Å². The first-order valence-corrected chi connectivity index (χ1v) is 13.9. The molecule has 2 aromatic carbocycles. The van der Waals surface area contributed by atoms with Gasteiger partial charge < -0.3 is 30.5 Å². The number of hydrogen-bond acceptors (Lipinski definition) is 6. The molecule has 8 nitrogen and oxygen atoms in total. The normalized spacial score (nSPS) is 22.8. The van der Waals surface area contributed by atoms with Gasteiger partial charge in [0.15, 0.2) is 0 Å². The minimum atomic E-state index is -1.46. The zero-order valence-corrected chi connectivity index (χ0v) is 22.8. The maximum absolute atomic E-state index is 15.6. The number of nitrogens with zero attached hydrogens (tertiary/aromatic N) is 1. The van der Waals surface area contributed by atoms with Crippen molar-refractivity contribution in [1.82, 2.24) is 15.5 Å². The molecule has 3 unspecified atom stereocenters. The summed E-state index contributed by atoms with van der Waals surface area (Å²) in [5, 5.41) is 28.2. The van der Waals surface area contributed by atoms with Crippen molar-refractivity contribution in [3.63, 3.8) is 0 Å². The molecule has 4 atom stereocenters. The van der Waals surface area contributed by atoms with E-state index in [4.69, 9.17) is 0 Å². The number of amides is 2. The number of carbonyl (C=O) groups excluding carboxylic acids is 2. The number of aliphatic hydroxyl groups excluding tert-OH is 1. The topological polar surface area (TPSA) is 111 Å². The average Bonchev–Trinajstić information content (AvgIpc) is 3.40. The highest BCUT2D eigenvalue weighted by molar-refractivity contribution is 5.82. The molecular formula is C30H40FN3O5. The number of β-amino-alcohol motifs (C(OH)–C–C–N with tert-alkyl or cyclic N) is 1. The SMILES string of the molecule is CCc1cccc(-c2c(F)cccc2C(O)(CCCNC(=O)OC)C2CCCN(C(=O)[C@@H]3CC(O)CN3)C2)c1. The Labute approximate surface area is 229 Å². The van der Waals surface area contributed by atoms with E-state index < -0.39 is 29.7 Å². The Morgan fingerprint density at radius 2 is 2.05 bits per heavy atom. The number of hydrogen-bond donors (Lipinski definition) is 4. The van der Waals surface area contributed by atoms with Gasteiger partial charge in [0.1, 0.15) is 5.82 Å². The summed E-state index contributed by atoms with van der Waals surface area (Å²) >= 11 is 0. The molecular weight excluding hydrogens is 501 g/mol. The van der Waals surface area contributed by atoms with Crippen LogP contribution in [0.4, 0.5) is 9.18 Å². The third-order valence-corrected chi connectivity index (χ3v) is 8.11. The van der Waals surface area contributed by atoms with Crippen molar-refractivity contribution in [2.75, 3.05) is 33.3 Å². The predicted molar refractivity (Wildman–Crippen MR) is 146 cm³/mol. The third kappa shape index (κ3) is 6.59. The molecule has 9 heteroatoms. The summed E-state index contributed by atoms with van der Waals surface area (Å²) in [7, 11) is 1.29. The number of alkyl carbamates (subject to hydrolysis) is 1. The van der Waals surface area contributed by atoms with Crippen molar-refractivity contribution >= 4 is 12.0 Å². The van der Waals surface area contributed by atoms with E-state index in [-0.39, 0.29) is 24.8 Å². The standard InChI is InChI=1S/C30H40FN3O5/c1-3-20-8-4-9-21(16-20)27-24(11-5-12-25(27)31)30(38,13-7-14-32-29(37)39-2)22-10-6-15-34(19-22)28(36)26-17-23(35)18-33-26/h4-5,8-9,11-12,16,22-23,26,33,35,38H,3,6-7,10,13-15,17-19H2,1-2H3,(H,32,37)/t22?,23?,26-,30?/m0/s1. The molecule has 4 rings (SSSR count). The summed E-state index contributed by atoms with van der Waals surface area (Å²) in [6.45, 7) is 3.59. The predicted octanol–water partition coefficient (Wildman–Crippen LogP) is 3.34. The molecule has 0 aliphatic carbocycles. The zero-order valence-electron chi connectivity index (χ0n) is 22.8. The summed E-state index contributed by atoms with van der Waals surface area (Å²) in [6.07, 6.45) is 2.11. The highest BCUT2D eigenvalue weighted by Gasteiger charge is 2.44. The van der Waals surface area contributed by atoms with Crippen LogP contribution in [0.15, 0.2) is 42.5 Å². The van der Waals surface area contributed by atoms with Gasteiger partial charge in [-0.25, -0.2) is 9.18 Å². The van der Waals surface area contributed by atoms with Gasteiger partial charge in [-0.1, -0.05) is 43.3 Å². The maximum atomic E-state index is 15.6. The second-order valence-corrected chi connectivity index (χ2v) is 10.6. The van der Waals surface area contributed by atoms with E-state index >= 15 is 4.39 Å². The summed E-state index contributed by atoms with van der Waals surface area (Å²) in [5.41, 5.74) is 1.15.